The Morgan fingerprint density at radius 3 is 1.69 bits per heavy atom. The lowest BCUT2D eigenvalue weighted by Crippen LogP contribution is -2.10. The van der Waals surface area contributed by atoms with Gasteiger partial charge in [-0.15, -0.1) is 0 Å². The fourth-order valence-corrected chi connectivity index (χ4v) is 4.91. The van der Waals surface area contributed by atoms with Crippen LogP contribution in [0.25, 0.3) is 44.8 Å². The lowest BCUT2D eigenvalue weighted by Gasteiger charge is -2.18. The van der Waals surface area contributed by atoms with Crippen molar-refractivity contribution in [2.24, 2.45) is 0 Å². The Kier molecular flexibility index (Phi) is 5.48. The van der Waals surface area contributed by atoms with Gasteiger partial charge in [0.05, 0.1) is 28.0 Å². The highest BCUT2D eigenvalue weighted by Crippen LogP contribution is 2.36. The smallest absolute Gasteiger partial charge is 0.137 e. The number of nitrogens with one attached hydrogen (secondary N) is 4. The maximum absolute atomic E-state index is 5.03. The van der Waals surface area contributed by atoms with E-state index in [1.165, 1.54) is 11.1 Å². The molecule has 6 rings (SSSR count). The average molecular weight is 477 g/mol. The molecule has 0 aliphatic heterocycles. The molecule has 4 aromatic heterocycles. The minimum Gasteiger partial charge on any atom is -0.345 e. The Bertz CT molecular complexity index is 1550. The molecule has 0 aliphatic rings. The molecule has 0 saturated carbocycles. The fraction of sp³-hybridized carbons (Fsp3) is 0.214. The third-order valence-corrected chi connectivity index (χ3v) is 6.90. The molecule has 0 unspecified atom stereocenters. The second-order valence-electron chi connectivity index (χ2n) is 9.03. The predicted molar refractivity (Wildman–Crippen MR) is 142 cm³/mol. The first kappa shape index (κ1) is 22.0. The number of hydrogen-bond acceptors (Lipinski definition) is 4. The summed E-state index contributed by atoms with van der Waals surface area (Å²) < 4.78 is 0. The number of aromatic nitrogens is 8. The normalized spacial score (nSPS) is 12.7. The van der Waals surface area contributed by atoms with E-state index in [0.717, 1.165) is 69.3 Å². The molecule has 36 heavy (non-hydrogen) atoms. The van der Waals surface area contributed by atoms with Crippen molar-refractivity contribution in [3.05, 3.63) is 84.0 Å². The molecular weight excluding hydrogens is 448 g/mol. The molecule has 0 amide bonds. The Balaban J connectivity index is 1.49. The molecular formula is C28H28N8. The van der Waals surface area contributed by atoms with Gasteiger partial charge in [0.25, 0.3) is 0 Å². The van der Waals surface area contributed by atoms with Crippen molar-refractivity contribution in [3.63, 3.8) is 0 Å². The van der Waals surface area contributed by atoms with Gasteiger partial charge in [-0.25, -0.2) is 19.9 Å². The van der Waals surface area contributed by atoms with E-state index in [1.54, 1.807) is 12.4 Å². The zero-order chi connectivity index (χ0) is 24.6. The zero-order valence-corrected chi connectivity index (χ0v) is 20.6. The molecule has 0 saturated heterocycles. The third-order valence-electron chi connectivity index (χ3n) is 6.90. The number of imidazole rings is 4. The molecule has 0 fully saturated rings. The monoisotopic (exact) mass is 476 g/mol. The predicted octanol–water partition coefficient (Wildman–Crippen LogP) is 6.49. The van der Waals surface area contributed by atoms with Crippen molar-refractivity contribution < 1.29 is 0 Å². The number of aromatic amines is 4. The van der Waals surface area contributed by atoms with E-state index in [4.69, 9.17) is 9.97 Å². The Morgan fingerprint density at radius 2 is 1.28 bits per heavy atom. The number of fused-ring (bicyclic) bond motifs is 2. The van der Waals surface area contributed by atoms with Gasteiger partial charge in [-0.05, 0) is 56.2 Å². The van der Waals surface area contributed by atoms with Crippen LogP contribution >= 0.6 is 0 Å². The maximum atomic E-state index is 5.03. The van der Waals surface area contributed by atoms with Crippen LogP contribution in [0, 0.1) is 0 Å². The van der Waals surface area contributed by atoms with Crippen LogP contribution in [0.4, 0.5) is 0 Å². The van der Waals surface area contributed by atoms with Crippen molar-refractivity contribution >= 4 is 22.1 Å². The van der Waals surface area contributed by atoms with Crippen LogP contribution in [-0.4, -0.2) is 39.9 Å². The lowest BCUT2D eigenvalue weighted by atomic mass is 9.90. The van der Waals surface area contributed by atoms with Crippen molar-refractivity contribution in [1.82, 2.24) is 39.9 Å². The molecule has 0 radical (unpaired) electrons. The first-order valence-electron chi connectivity index (χ1n) is 12.3. The van der Waals surface area contributed by atoms with E-state index in [9.17, 15) is 0 Å². The number of benzene rings is 2. The Labute approximate surface area is 208 Å². The van der Waals surface area contributed by atoms with Gasteiger partial charge in [-0.2, -0.15) is 0 Å². The molecule has 0 spiro atoms. The van der Waals surface area contributed by atoms with E-state index < -0.39 is 0 Å². The van der Waals surface area contributed by atoms with Crippen LogP contribution in [0.15, 0.2) is 72.3 Å². The highest BCUT2D eigenvalue weighted by molar-refractivity contribution is 5.82. The van der Waals surface area contributed by atoms with Crippen LogP contribution in [-0.2, 0) is 0 Å². The van der Waals surface area contributed by atoms with Crippen molar-refractivity contribution in [1.29, 1.82) is 0 Å². The van der Waals surface area contributed by atoms with Gasteiger partial charge in [-0.1, -0.05) is 25.0 Å². The van der Waals surface area contributed by atoms with Crippen molar-refractivity contribution in [2.75, 3.05) is 0 Å². The van der Waals surface area contributed by atoms with Gasteiger partial charge in [0.2, 0.25) is 0 Å². The summed E-state index contributed by atoms with van der Waals surface area (Å²) in [4.78, 5) is 32.4. The highest BCUT2D eigenvalue weighted by atomic mass is 15.0. The molecule has 8 nitrogen and oxygen atoms in total. The minimum absolute atomic E-state index is 0.103. The van der Waals surface area contributed by atoms with E-state index in [0.29, 0.717) is 0 Å². The summed E-state index contributed by atoms with van der Waals surface area (Å²) in [5.41, 5.74) is 8.52. The third kappa shape index (κ3) is 3.80. The lowest BCUT2D eigenvalue weighted by molar-refractivity contribution is 0.759. The Hall–Kier alpha value is -4.46. The first-order chi connectivity index (χ1) is 17.6. The van der Waals surface area contributed by atoms with Gasteiger partial charge in [-0.3, -0.25) is 0 Å². The largest absolute Gasteiger partial charge is 0.345 e. The zero-order valence-electron chi connectivity index (χ0n) is 20.6. The minimum atomic E-state index is -0.103. The van der Waals surface area contributed by atoms with Crippen molar-refractivity contribution in [2.45, 2.75) is 39.5 Å². The number of nitrogens with zero attached hydrogens (tertiary/aromatic N) is 4. The molecule has 2 aromatic carbocycles. The quantitative estimate of drug-likeness (QED) is 0.197. The van der Waals surface area contributed by atoms with E-state index in [2.05, 4.69) is 62.8 Å². The molecule has 6 aromatic rings. The summed E-state index contributed by atoms with van der Waals surface area (Å²) >= 11 is 0. The van der Waals surface area contributed by atoms with Crippen LogP contribution in [0.1, 0.15) is 51.2 Å². The second kappa shape index (κ2) is 8.96. The summed E-state index contributed by atoms with van der Waals surface area (Å²) in [6.45, 7) is 6.61. The van der Waals surface area contributed by atoms with Crippen molar-refractivity contribution in [3.8, 4) is 22.8 Å². The number of rotatable bonds is 7. The van der Waals surface area contributed by atoms with Gasteiger partial charge < -0.3 is 19.9 Å². The summed E-state index contributed by atoms with van der Waals surface area (Å²) in [5.74, 6) is 3.34. The van der Waals surface area contributed by atoms with Crippen LogP contribution < -0.4 is 0 Å². The van der Waals surface area contributed by atoms with E-state index in [1.807, 2.05) is 36.7 Å². The number of allylic oxidation sites excluding steroid dienone is 2. The van der Waals surface area contributed by atoms with Crippen LogP contribution in [0.3, 0.4) is 0 Å². The summed E-state index contributed by atoms with van der Waals surface area (Å²) in [6, 6.07) is 12.4. The number of H-pyrrole nitrogens is 4. The first-order valence-corrected chi connectivity index (χ1v) is 12.3. The van der Waals surface area contributed by atoms with Gasteiger partial charge in [0.15, 0.2) is 0 Å². The van der Waals surface area contributed by atoms with E-state index >= 15 is 0 Å². The SMILES string of the molecule is CCC(C)=C(CC)C(c1nc2ccc(-c3ncc[nH]3)cc2[nH]1)c1nc2ccc(-c3ncc[nH]3)cc2[nH]1. The molecule has 0 aliphatic carbocycles. The number of hydrogen-bond donors (Lipinski definition) is 4. The topological polar surface area (TPSA) is 115 Å². The average Bonchev–Trinajstić information content (AvgIpc) is 3.71. The van der Waals surface area contributed by atoms with Gasteiger partial charge >= 0.3 is 0 Å². The maximum Gasteiger partial charge on any atom is 0.137 e. The van der Waals surface area contributed by atoms with Crippen LogP contribution in [0.5, 0.6) is 0 Å². The molecule has 0 atom stereocenters. The molecule has 4 heterocycles. The molecule has 180 valence electrons. The molecule has 4 N–H and O–H groups in total. The Morgan fingerprint density at radius 1 is 0.750 bits per heavy atom. The molecule has 8 heteroatoms. The summed E-state index contributed by atoms with van der Waals surface area (Å²) in [7, 11) is 0. The fourth-order valence-electron chi connectivity index (χ4n) is 4.91. The highest BCUT2D eigenvalue weighted by Gasteiger charge is 2.26. The molecule has 0 bridgehead atoms. The standard InChI is InChI=1S/C28H28N8/c1-4-16(3)19(5-2)24(27-33-20-8-6-17(14-22(20)35-27)25-29-10-11-30-25)28-34-21-9-7-18(15-23(21)36-28)26-31-12-13-32-26/h6-15,24H,4-5H2,1-3H3,(H,29,30)(H,31,32)(H,33,35)(H,34,36). The second-order valence-corrected chi connectivity index (χ2v) is 9.03. The van der Waals surface area contributed by atoms with E-state index in [-0.39, 0.29) is 5.92 Å². The summed E-state index contributed by atoms with van der Waals surface area (Å²) in [5, 5.41) is 0. The van der Waals surface area contributed by atoms with Gasteiger partial charge in [0.1, 0.15) is 23.3 Å². The van der Waals surface area contributed by atoms with Gasteiger partial charge in [0, 0.05) is 35.9 Å². The van der Waals surface area contributed by atoms with Crippen LogP contribution in [0.2, 0.25) is 0 Å². The summed E-state index contributed by atoms with van der Waals surface area (Å²) in [6.07, 6.45) is 9.08.